The van der Waals surface area contributed by atoms with Gasteiger partial charge in [-0.25, -0.2) is 0 Å². The minimum Gasteiger partial charge on any atom is -0.396 e. The summed E-state index contributed by atoms with van der Waals surface area (Å²) in [6.07, 6.45) is 5.34. The van der Waals surface area contributed by atoms with Crippen LogP contribution in [0.2, 0.25) is 0 Å². The van der Waals surface area contributed by atoms with Gasteiger partial charge in [0.1, 0.15) is 0 Å². The fourth-order valence-electron chi connectivity index (χ4n) is 3.41. The quantitative estimate of drug-likeness (QED) is 0.784. The van der Waals surface area contributed by atoms with E-state index in [9.17, 15) is 0 Å². The molecular weight excluding hydrogens is 248 g/mol. The number of aromatic amines is 1. The van der Waals surface area contributed by atoms with Crippen molar-refractivity contribution in [1.82, 2.24) is 10.3 Å². The molecule has 1 heterocycles. The first-order chi connectivity index (χ1) is 9.81. The summed E-state index contributed by atoms with van der Waals surface area (Å²) >= 11 is 0. The Morgan fingerprint density at radius 3 is 3.05 bits per heavy atom. The molecule has 0 aliphatic heterocycles. The van der Waals surface area contributed by atoms with Crippen LogP contribution in [-0.2, 0) is 12.8 Å². The first kappa shape index (κ1) is 13.7. The number of nitrogens with one attached hydrogen (secondary N) is 2. The van der Waals surface area contributed by atoms with Crippen LogP contribution in [0.5, 0.6) is 0 Å². The van der Waals surface area contributed by atoms with Crippen molar-refractivity contribution in [3.8, 4) is 0 Å². The third kappa shape index (κ3) is 2.60. The smallest absolute Gasteiger partial charge is 0.0458 e. The number of H-pyrrole nitrogens is 1. The number of hydrogen-bond acceptors (Lipinski definition) is 2. The Balaban J connectivity index is 1.77. The largest absolute Gasteiger partial charge is 0.396 e. The zero-order valence-electron chi connectivity index (χ0n) is 12.2. The molecule has 0 spiro atoms. The molecule has 0 saturated carbocycles. The second kappa shape index (κ2) is 5.98. The SMILES string of the molecule is CCC(CCO)NC1CCc2[nH]c3ccccc3c2C1. The Morgan fingerprint density at radius 2 is 2.25 bits per heavy atom. The molecule has 0 bridgehead atoms. The van der Waals surface area contributed by atoms with E-state index in [1.165, 1.54) is 28.6 Å². The summed E-state index contributed by atoms with van der Waals surface area (Å²) in [5.41, 5.74) is 4.17. The van der Waals surface area contributed by atoms with E-state index in [0.29, 0.717) is 12.1 Å². The molecule has 0 amide bonds. The fourth-order valence-corrected chi connectivity index (χ4v) is 3.41. The van der Waals surface area contributed by atoms with Crippen molar-refractivity contribution < 1.29 is 5.11 Å². The summed E-state index contributed by atoms with van der Waals surface area (Å²) < 4.78 is 0. The number of aromatic nitrogens is 1. The van der Waals surface area contributed by atoms with Crippen molar-refractivity contribution >= 4 is 10.9 Å². The molecule has 1 aromatic heterocycles. The van der Waals surface area contributed by atoms with Gasteiger partial charge in [0.25, 0.3) is 0 Å². The first-order valence-corrected chi connectivity index (χ1v) is 7.77. The highest BCUT2D eigenvalue weighted by Gasteiger charge is 2.23. The molecule has 2 atom stereocenters. The molecule has 3 heteroatoms. The maximum absolute atomic E-state index is 9.12. The van der Waals surface area contributed by atoms with Crippen LogP contribution in [0.15, 0.2) is 24.3 Å². The molecule has 0 saturated heterocycles. The highest BCUT2D eigenvalue weighted by Crippen LogP contribution is 2.29. The minimum absolute atomic E-state index is 0.274. The van der Waals surface area contributed by atoms with Gasteiger partial charge in [-0.05, 0) is 43.7 Å². The summed E-state index contributed by atoms with van der Waals surface area (Å²) in [4.78, 5) is 3.56. The van der Waals surface area contributed by atoms with E-state index in [1.54, 1.807) is 0 Å². The van der Waals surface area contributed by atoms with E-state index in [-0.39, 0.29) is 6.61 Å². The molecule has 2 aromatic rings. The minimum atomic E-state index is 0.274. The summed E-state index contributed by atoms with van der Waals surface area (Å²) in [6.45, 7) is 2.46. The van der Waals surface area contributed by atoms with E-state index >= 15 is 0 Å². The van der Waals surface area contributed by atoms with Gasteiger partial charge in [-0.3, -0.25) is 0 Å². The van der Waals surface area contributed by atoms with Crippen LogP contribution in [0.1, 0.15) is 37.4 Å². The van der Waals surface area contributed by atoms with Crippen molar-refractivity contribution in [1.29, 1.82) is 0 Å². The first-order valence-electron chi connectivity index (χ1n) is 7.77. The summed E-state index contributed by atoms with van der Waals surface area (Å²) in [5, 5.41) is 14.2. The number of aliphatic hydroxyl groups excluding tert-OH is 1. The average Bonchev–Trinajstić information content (AvgIpc) is 2.85. The van der Waals surface area contributed by atoms with Gasteiger partial charge in [0, 0.05) is 35.3 Å². The maximum atomic E-state index is 9.12. The molecule has 3 N–H and O–H groups in total. The monoisotopic (exact) mass is 272 g/mol. The average molecular weight is 272 g/mol. The second-order valence-electron chi connectivity index (χ2n) is 5.85. The third-order valence-corrected chi connectivity index (χ3v) is 4.54. The van der Waals surface area contributed by atoms with Crippen LogP contribution >= 0.6 is 0 Å². The number of hydrogen-bond donors (Lipinski definition) is 3. The van der Waals surface area contributed by atoms with Gasteiger partial charge in [-0.2, -0.15) is 0 Å². The second-order valence-corrected chi connectivity index (χ2v) is 5.85. The van der Waals surface area contributed by atoms with Gasteiger partial charge in [0.2, 0.25) is 0 Å². The Hall–Kier alpha value is -1.32. The molecule has 0 fully saturated rings. The number of aliphatic hydroxyl groups is 1. The van der Waals surface area contributed by atoms with E-state index in [0.717, 1.165) is 25.7 Å². The van der Waals surface area contributed by atoms with E-state index in [4.69, 9.17) is 5.11 Å². The van der Waals surface area contributed by atoms with E-state index in [2.05, 4.69) is 41.5 Å². The molecule has 3 rings (SSSR count). The summed E-state index contributed by atoms with van der Waals surface area (Å²) in [5.74, 6) is 0. The Kier molecular flexibility index (Phi) is 4.08. The lowest BCUT2D eigenvalue weighted by Gasteiger charge is -2.28. The molecule has 3 nitrogen and oxygen atoms in total. The predicted molar refractivity (Wildman–Crippen MR) is 83.0 cm³/mol. The van der Waals surface area contributed by atoms with E-state index < -0.39 is 0 Å². The van der Waals surface area contributed by atoms with Gasteiger partial charge < -0.3 is 15.4 Å². The van der Waals surface area contributed by atoms with Gasteiger partial charge in [0.15, 0.2) is 0 Å². The number of benzene rings is 1. The molecule has 0 radical (unpaired) electrons. The van der Waals surface area contributed by atoms with Crippen molar-refractivity contribution in [3.05, 3.63) is 35.5 Å². The third-order valence-electron chi connectivity index (χ3n) is 4.54. The number of fused-ring (bicyclic) bond motifs is 3. The molecule has 1 aromatic carbocycles. The zero-order valence-corrected chi connectivity index (χ0v) is 12.2. The fraction of sp³-hybridized carbons (Fsp3) is 0.529. The summed E-state index contributed by atoms with van der Waals surface area (Å²) in [7, 11) is 0. The number of para-hydroxylation sites is 1. The van der Waals surface area contributed by atoms with E-state index in [1.807, 2.05) is 0 Å². The lowest BCUT2D eigenvalue weighted by Crippen LogP contribution is -2.41. The van der Waals surface area contributed by atoms with Gasteiger partial charge >= 0.3 is 0 Å². The lowest BCUT2D eigenvalue weighted by atomic mass is 9.90. The van der Waals surface area contributed by atoms with Crippen LogP contribution < -0.4 is 5.32 Å². The maximum Gasteiger partial charge on any atom is 0.0458 e. The van der Waals surface area contributed by atoms with Crippen LogP contribution in [0.4, 0.5) is 0 Å². The molecule has 20 heavy (non-hydrogen) atoms. The molecule has 2 unspecified atom stereocenters. The molecule has 1 aliphatic carbocycles. The van der Waals surface area contributed by atoms with Crippen molar-refractivity contribution in [2.24, 2.45) is 0 Å². The van der Waals surface area contributed by atoms with Gasteiger partial charge in [-0.1, -0.05) is 25.1 Å². The highest BCUT2D eigenvalue weighted by molar-refractivity contribution is 5.84. The lowest BCUT2D eigenvalue weighted by molar-refractivity contribution is 0.252. The van der Waals surface area contributed by atoms with Crippen LogP contribution in [0, 0.1) is 0 Å². The standard InChI is InChI=1S/C17H24N2O/c1-2-12(9-10-20)18-13-7-8-17-15(11-13)14-5-3-4-6-16(14)19-17/h3-6,12-13,18-20H,2,7-11H2,1H3. The van der Waals surface area contributed by atoms with Crippen LogP contribution in [0.3, 0.4) is 0 Å². The molecule has 108 valence electrons. The highest BCUT2D eigenvalue weighted by atomic mass is 16.3. The Labute approximate surface area is 120 Å². The Bertz CT molecular complexity index is 575. The zero-order chi connectivity index (χ0) is 13.9. The van der Waals surface area contributed by atoms with Crippen molar-refractivity contribution in [2.45, 2.75) is 51.1 Å². The predicted octanol–water partition coefficient (Wildman–Crippen LogP) is 2.78. The van der Waals surface area contributed by atoms with Crippen LogP contribution in [0.25, 0.3) is 10.9 Å². The Morgan fingerprint density at radius 1 is 1.40 bits per heavy atom. The van der Waals surface area contributed by atoms with Gasteiger partial charge in [0.05, 0.1) is 0 Å². The van der Waals surface area contributed by atoms with Gasteiger partial charge in [-0.15, -0.1) is 0 Å². The normalized spacial score (nSPS) is 20.0. The van der Waals surface area contributed by atoms with Crippen molar-refractivity contribution in [3.63, 3.8) is 0 Å². The summed E-state index contributed by atoms with van der Waals surface area (Å²) in [6, 6.07) is 9.58. The molecule has 1 aliphatic rings. The number of aryl methyl sites for hydroxylation is 1. The molecular formula is C17H24N2O. The topological polar surface area (TPSA) is 48.0 Å². The number of rotatable bonds is 5. The van der Waals surface area contributed by atoms with Crippen LogP contribution in [-0.4, -0.2) is 28.8 Å². The van der Waals surface area contributed by atoms with Crippen molar-refractivity contribution in [2.75, 3.05) is 6.61 Å².